The van der Waals surface area contributed by atoms with Gasteiger partial charge in [-0.25, -0.2) is 9.97 Å². The highest BCUT2D eigenvalue weighted by atomic mass is 79.9. The van der Waals surface area contributed by atoms with Crippen LogP contribution < -0.4 is 15.1 Å². The Morgan fingerprint density at radius 3 is 2.59 bits per heavy atom. The molecule has 3 aromatic rings. The van der Waals surface area contributed by atoms with E-state index in [0.29, 0.717) is 6.42 Å². The molecule has 0 unspecified atom stereocenters. The third kappa shape index (κ3) is 5.75. The average molecular weight is 570 g/mol. The fourth-order valence-electron chi connectivity index (χ4n) is 5.42. The van der Waals surface area contributed by atoms with Gasteiger partial charge < -0.3 is 20.0 Å². The molecule has 2 fully saturated rings. The van der Waals surface area contributed by atoms with Crippen LogP contribution in [0.5, 0.6) is 0 Å². The normalized spacial score (nSPS) is 16.6. The van der Waals surface area contributed by atoms with E-state index in [0.717, 1.165) is 90.5 Å². The van der Waals surface area contributed by atoms with Crippen molar-refractivity contribution in [1.82, 2.24) is 25.1 Å². The van der Waals surface area contributed by atoms with Crippen LogP contribution in [0.2, 0.25) is 0 Å². The number of benzene rings is 1. The van der Waals surface area contributed by atoms with Crippen molar-refractivity contribution in [2.24, 2.45) is 0 Å². The van der Waals surface area contributed by atoms with E-state index in [1.807, 2.05) is 0 Å². The number of carbonyl (C=O) groups is 1. The maximum atomic E-state index is 13.1. The number of halogens is 1. The number of aromatic nitrogens is 4. The SMILES string of the molecule is CCCCC(=O)c1cc(NCCN2CCCC2)c(C)c(N2CCN(c3ncnc4[nH]nc(Br)c34)CC2)c1. The number of anilines is 3. The fraction of sp³-hybridized carbons (Fsp3) is 0.556. The van der Waals surface area contributed by atoms with E-state index in [2.05, 4.69) is 82.1 Å². The summed E-state index contributed by atoms with van der Waals surface area (Å²) in [6.07, 6.45) is 6.74. The molecule has 1 aromatic carbocycles. The Kier molecular flexibility index (Phi) is 8.24. The second-order valence-electron chi connectivity index (χ2n) is 10.1. The zero-order chi connectivity index (χ0) is 25.8. The van der Waals surface area contributed by atoms with E-state index >= 15 is 0 Å². The second kappa shape index (κ2) is 11.8. The van der Waals surface area contributed by atoms with Crippen molar-refractivity contribution in [2.75, 3.05) is 67.5 Å². The van der Waals surface area contributed by atoms with Crippen molar-refractivity contribution in [3.8, 4) is 0 Å². The van der Waals surface area contributed by atoms with Gasteiger partial charge in [0.1, 0.15) is 16.7 Å². The van der Waals surface area contributed by atoms with Crippen LogP contribution in [0.1, 0.15) is 54.9 Å². The molecular formula is C27H37BrN8O. The van der Waals surface area contributed by atoms with E-state index in [-0.39, 0.29) is 5.78 Å². The molecule has 2 aliphatic heterocycles. The van der Waals surface area contributed by atoms with Crippen molar-refractivity contribution >= 4 is 49.9 Å². The third-order valence-corrected chi connectivity index (χ3v) is 8.19. The molecule has 5 rings (SSSR count). The van der Waals surface area contributed by atoms with Crippen molar-refractivity contribution in [3.05, 3.63) is 34.2 Å². The standard InChI is InChI=1S/C27H37BrN8O/c1-3-4-7-23(37)20-16-21(29-8-11-34-9-5-6-10-34)19(2)22(17-20)35-12-14-36(15-13-35)27-24-25(28)32-33-26(24)30-18-31-27/h16-18,29H,3-15H2,1-2H3,(H,30,31,32,33). The lowest BCUT2D eigenvalue weighted by molar-refractivity contribution is 0.0980. The van der Waals surface area contributed by atoms with Crippen molar-refractivity contribution < 1.29 is 4.79 Å². The van der Waals surface area contributed by atoms with Crippen LogP contribution in [0.4, 0.5) is 17.2 Å². The van der Waals surface area contributed by atoms with Crippen LogP contribution in [0.15, 0.2) is 23.1 Å². The number of unbranched alkanes of at least 4 members (excludes halogenated alkanes) is 1. The molecule has 0 amide bonds. The highest BCUT2D eigenvalue weighted by Crippen LogP contribution is 2.33. The number of piperazine rings is 1. The summed E-state index contributed by atoms with van der Waals surface area (Å²) >= 11 is 3.53. The van der Waals surface area contributed by atoms with E-state index in [1.54, 1.807) is 6.33 Å². The number of ketones is 1. The monoisotopic (exact) mass is 568 g/mol. The molecule has 10 heteroatoms. The molecule has 198 valence electrons. The van der Waals surface area contributed by atoms with E-state index in [4.69, 9.17) is 0 Å². The molecule has 2 aliphatic rings. The topological polar surface area (TPSA) is 93.3 Å². The molecular weight excluding hydrogens is 532 g/mol. The molecule has 0 aliphatic carbocycles. The molecule has 0 atom stereocenters. The van der Waals surface area contributed by atoms with Crippen LogP contribution >= 0.6 is 15.9 Å². The minimum atomic E-state index is 0.234. The van der Waals surface area contributed by atoms with Crippen molar-refractivity contribution in [1.29, 1.82) is 0 Å². The molecule has 2 saturated heterocycles. The average Bonchev–Trinajstić information content (AvgIpc) is 3.58. The number of nitrogens with one attached hydrogen (secondary N) is 2. The largest absolute Gasteiger partial charge is 0.383 e. The summed E-state index contributed by atoms with van der Waals surface area (Å²) in [5, 5.41) is 11.8. The lowest BCUT2D eigenvalue weighted by Gasteiger charge is -2.38. The summed E-state index contributed by atoms with van der Waals surface area (Å²) < 4.78 is 0.735. The summed E-state index contributed by atoms with van der Waals surface area (Å²) in [5.74, 6) is 1.13. The van der Waals surface area contributed by atoms with E-state index in [1.165, 1.54) is 31.5 Å². The maximum absolute atomic E-state index is 13.1. The molecule has 4 heterocycles. The van der Waals surface area contributed by atoms with Crippen molar-refractivity contribution in [2.45, 2.75) is 46.0 Å². The number of aromatic amines is 1. The van der Waals surface area contributed by atoms with Gasteiger partial charge in [-0.15, -0.1) is 0 Å². The Bertz CT molecular complexity index is 1230. The van der Waals surface area contributed by atoms with Crippen LogP contribution in [-0.4, -0.2) is 83.2 Å². The number of likely N-dealkylation sites (tertiary alicyclic amines) is 1. The number of nitrogens with zero attached hydrogens (tertiary/aromatic N) is 6. The number of rotatable bonds is 10. The Balaban J connectivity index is 1.34. The minimum Gasteiger partial charge on any atom is -0.383 e. The molecule has 37 heavy (non-hydrogen) atoms. The number of H-pyrrole nitrogens is 1. The van der Waals surface area contributed by atoms with Crippen LogP contribution in [-0.2, 0) is 0 Å². The van der Waals surface area contributed by atoms with Gasteiger partial charge in [0, 0.05) is 62.6 Å². The first kappa shape index (κ1) is 25.9. The lowest BCUT2D eigenvalue weighted by atomic mass is 10.00. The number of Topliss-reactive ketones (excluding diaryl/α,β-unsaturated/α-hetero) is 1. The molecule has 2 aromatic heterocycles. The number of hydrogen-bond donors (Lipinski definition) is 2. The molecule has 0 radical (unpaired) electrons. The van der Waals surface area contributed by atoms with Gasteiger partial charge in [-0.05, 0) is 72.9 Å². The van der Waals surface area contributed by atoms with Gasteiger partial charge >= 0.3 is 0 Å². The number of fused-ring (bicyclic) bond motifs is 1. The van der Waals surface area contributed by atoms with Gasteiger partial charge in [0.15, 0.2) is 11.4 Å². The van der Waals surface area contributed by atoms with Gasteiger partial charge in [0.05, 0.1) is 5.39 Å². The van der Waals surface area contributed by atoms with Crippen LogP contribution in [0.25, 0.3) is 11.0 Å². The summed E-state index contributed by atoms with van der Waals surface area (Å²) in [4.78, 5) is 29.2. The maximum Gasteiger partial charge on any atom is 0.163 e. The van der Waals surface area contributed by atoms with E-state index < -0.39 is 0 Å². The molecule has 0 saturated carbocycles. The number of carbonyl (C=O) groups excluding carboxylic acids is 1. The van der Waals surface area contributed by atoms with Crippen LogP contribution in [0, 0.1) is 6.92 Å². The summed E-state index contributed by atoms with van der Waals surface area (Å²) in [5.41, 5.74) is 5.00. The first-order chi connectivity index (χ1) is 18.0. The van der Waals surface area contributed by atoms with Gasteiger partial charge in [0.25, 0.3) is 0 Å². The third-order valence-electron chi connectivity index (χ3n) is 7.62. The summed E-state index contributed by atoms with van der Waals surface area (Å²) in [7, 11) is 0. The van der Waals surface area contributed by atoms with Gasteiger partial charge in [-0.1, -0.05) is 13.3 Å². The zero-order valence-electron chi connectivity index (χ0n) is 21.9. The molecule has 0 bridgehead atoms. The predicted octanol–water partition coefficient (Wildman–Crippen LogP) is 4.63. The zero-order valence-corrected chi connectivity index (χ0v) is 23.5. The second-order valence-corrected chi connectivity index (χ2v) is 10.8. The highest BCUT2D eigenvalue weighted by Gasteiger charge is 2.24. The quantitative estimate of drug-likeness (QED) is 0.342. The number of hydrogen-bond acceptors (Lipinski definition) is 8. The smallest absolute Gasteiger partial charge is 0.163 e. The Morgan fingerprint density at radius 2 is 1.84 bits per heavy atom. The molecule has 2 N–H and O–H groups in total. The van der Waals surface area contributed by atoms with Gasteiger partial charge in [0.2, 0.25) is 0 Å². The first-order valence-electron chi connectivity index (χ1n) is 13.5. The summed E-state index contributed by atoms with van der Waals surface area (Å²) in [6.45, 7) is 12.0. The minimum absolute atomic E-state index is 0.234. The lowest BCUT2D eigenvalue weighted by Crippen LogP contribution is -2.47. The Labute approximate surface area is 227 Å². The Morgan fingerprint density at radius 1 is 1.08 bits per heavy atom. The highest BCUT2D eigenvalue weighted by molar-refractivity contribution is 9.10. The van der Waals surface area contributed by atoms with Gasteiger partial charge in [-0.2, -0.15) is 5.10 Å². The predicted molar refractivity (Wildman–Crippen MR) is 153 cm³/mol. The first-order valence-corrected chi connectivity index (χ1v) is 14.3. The molecule has 9 nitrogen and oxygen atoms in total. The van der Waals surface area contributed by atoms with E-state index in [9.17, 15) is 4.79 Å². The fourth-order valence-corrected chi connectivity index (χ4v) is 5.87. The molecule has 0 spiro atoms. The van der Waals surface area contributed by atoms with Gasteiger partial charge in [-0.3, -0.25) is 9.89 Å². The summed E-state index contributed by atoms with van der Waals surface area (Å²) in [6, 6.07) is 4.19. The Hall–Kier alpha value is -2.72. The van der Waals surface area contributed by atoms with Crippen LogP contribution in [0.3, 0.4) is 0 Å². The van der Waals surface area contributed by atoms with Crippen molar-refractivity contribution in [3.63, 3.8) is 0 Å².